The van der Waals surface area contributed by atoms with Gasteiger partial charge in [0.2, 0.25) is 5.91 Å². The molecule has 13 heavy (non-hydrogen) atoms. The van der Waals surface area contributed by atoms with Crippen molar-refractivity contribution in [2.45, 2.75) is 38.8 Å². The standard InChI is InChI=1S/C9H20N2O2/c1-7(12)5-6-11(4)8(13)9(2,3)10/h7,12H,5-6,10H2,1-4H3. The molecule has 3 N–H and O–H groups in total. The summed E-state index contributed by atoms with van der Waals surface area (Å²) in [6.45, 7) is 5.59. The first-order chi connectivity index (χ1) is 5.75. The van der Waals surface area contributed by atoms with Gasteiger partial charge in [0.25, 0.3) is 0 Å². The van der Waals surface area contributed by atoms with Crippen LogP contribution in [0.25, 0.3) is 0 Å². The van der Waals surface area contributed by atoms with Gasteiger partial charge in [-0.3, -0.25) is 4.79 Å². The van der Waals surface area contributed by atoms with E-state index < -0.39 is 5.54 Å². The molecule has 0 aromatic heterocycles. The maximum atomic E-state index is 11.5. The molecule has 0 aliphatic rings. The second kappa shape index (κ2) is 4.58. The predicted molar refractivity (Wildman–Crippen MR) is 52.2 cm³/mol. The third-order valence-electron chi connectivity index (χ3n) is 1.78. The second-order valence-electron chi connectivity index (χ2n) is 4.09. The summed E-state index contributed by atoms with van der Waals surface area (Å²) in [7, 11) is 1.69. The maximum absolute atomic E-state index is 11.5. The van der Waals surface area contributed by atoms with Crippen LogP contribution < -0.4 is 5.73 Å². The van der Waals surface area contributed by atoms with Crippen LogP contribution in [0.3, 0.4) is 0 Å². The topological polar surface area (TPSA) is 66.6 Å². The smallest absolute Gasteiger partial charge is 0.241 e. The van der Waals surface area contributed by atoms with Crippen molar-refractivity contribution in [1.29, 1.82) is 0 Å². The monoisotopic (exact) mass is 188 g/mol. The van der Waals surface area contributed by atoms with Gasteiger partial charge in [-0.25, -0.2) is 0 Å². The van der Waals surface area contributed by atoms with Crippen LogP contribution in [0.1, 0.15) is 27.2 Å². The molecule has 0 saturated carbocycles. The van der Waals surface area contributed by atoms with E-state index in [9.17, 15) is 4.79 Å². The molecule has 0 aromatic carbocycles. The molecule has 4 nitrogen and oxygen atoms in total. The van der Waals surface area contributed by atoms with Crippen LogP contribution in [0.2, 0.25) is 0 Å². The van der Waals surface area contributed by atoms with Crippen molar-refractivity contribution >= 4 is 5.91 Å². The molecule has 0 heterocycles. The summed E-state index contributed by atoms with van der Waals surface area (Å²) in [5.41, 5.74) is 4.81. The van der Waals surface area contributed by atoms with E-state index in [1.807, 2.05) is 0 Å². The van der Waals surface area contributed by atoms with Crippen LogP contribution in [0, 0.1) is 0 Å². The predicted octanol–water partition coefficient (Wildman–Crippen LogP) is -0.0470. The van der Waals surface area contributed by atoms with Gasteiger partial charge < -0.3 is 15.7 Å². The van der Waals surface area contributed by atoms with Gasteiger partial charge in [0.1, 0.15) is 0 Å². The average molecular weight is 188 g/mol. The van der Waals surface area contributed by atoms with E-state index in [4.69, 9.17) is 10.8 Å². The molecule has 0 spiro atoms. The highest BCUT2D eigenvalue weighted by Crippen LogP contribution is 2.03. The summed E-state index contributed by atoms with van der Waals surface area (Å²) in [4.78, 5) is 13.0. The molecule has 0 radical (unpaired) electrons. The van der Waals surface area contributed by atoms with Gasteiger partial charge in [0.15, 0.2) is 0 Å². The first-order valence-corrected chi connectivity index (χ1v) is 4.47. The normalized spacial score (nSPS) is 14.0. The van der Waals surface area contributed by atoms with Gasteiger partial charge in [0.05, 0.1) is 11.6 Å². The lowest BCUT2D eigenvalue weighted by molar-refractivity contribution is -0.134. The summed E-state index contributed by atoms with van der Waals surface area (Å²) in [5.74, 6) is -0.104. The SMILES string of the molecule is CC(O)CCN(C)C(=O)C(C)(C)N. The molecule has 0 saturated heterocycles. The van der Waals surface area contributed by atoms with Crippen LogP contribution >= 0.6 is 0 Å². The molecular weight excluding hydrogens is 168 g/mol. The van der Waals surface area contributed by atoms with Gasteiger partial charge in [-0.15, -0.1) is 0 Å². The van der Waals surface area contributed by atoms with Crippen molar-refractivity contribution in [2.24, 2.45) is 5.73 Å². The highest BCUT2D eigenvalue weighted by atomic mass is 16.3. The van der Waals surface area contributed by atoms with E-state index in [-0.39, 0.29) is 12.0 Å². The molecular formula is C9H20N2O2. The zero-order valence-electron chi connectivity index (χ0n) is 8.87. The number of likely N-dealkylation sites (N-methyl/N-ethyl adjacent to an activating group) is 1. The lowest BCUT2D eigenvalue weighted by Gasteiger charge is -2.26. The largest absolute Gasteiger partial charge is 0.393 e. The zero-order chi connectivity index (χ0) is 10.6. The highest BCUT2D eigenvalue weighted by molar-refractivity contribution is 5.84. The van der Waals surface area contributed by atoms with Crippen molar-refractivity contribution in [3.63, 3.8) is 0 Å². The Morgan fingerprint density at radius 1 is 1.62 bits per heavy atom. The Morgan fingerprint density at radius 3 is 2.38 bits per heavy atom. The number of hydrogen-bond acceptors (Lipinski definition) is 3. The van der Waals surface area contributed by atoms with Gasteiger partial charge in [-0.2, -0.15) is 0 Å². The molecule has 78 valence electrons. The fourth-order valence-corrected chi connectivity index (χ4v) is 0.974. The summed E-state index contributed by atoms with van der Waals surface area (Å²) in [6.07, 6.45) is 0.203. The van der Waals surface area contributed by atoms with Gasteiger partial charge in [-0.1, -0.05) is 0 Å². The van der Waals surface area contributed by atoms with Crippen molar-refractivity contribution in [3.8, 4) is 0 Å². The van der Waals surface area contributed by atoms with Gasteiger partial charge >= 0.3 is 0 Å². The number of nitrogens with zero attached hydrogens (tertiary/aromatic N) is 1. The minimum absolute atomic E-state index is 0.104. The first-order valence-electron chi connectivity index (χ1n) is 4.47. The molecule has 0 fully saturated rings. The van der Waals surface area contributed by atoms with Crippen LogP contribution in [-0.2, 0) is 4.79 Å². The van der Waals surface area contributed by atoms with E-state index in [0.29, 0.717) is 13.0 Å². The average Bonchev–Trinajstić information content (AvgIpc) is 1.96. The lowest BCUT2D eigenvalue weighted by Crippen LogP contribution is -2.50. The Hall–Kier alpha value is -0.610. The molecule has 4 heteroatoms. The quantitative estimate of drug-likeness (QED) is 0.650. The Balaban J connectivity index is 3.98. The number of amides is 1. The molecule has 0 aliphatic heterocycles. The summed E-state index contributed by atoms with van der Waals surface area (Å²) in [5, 5.41) is 9.02. The second-order valence-corrected chi connectivity index (χ2v) is 4.09. The van der Waals surface area contributed by atoms with Crippen molar-refractivity contribution < 1.29 is 9.90 Å². The highest BCUT2D eigenvalue weighted by Gasteiger charge is 2.25. The molecule has 1 unspecified atom stereocenters. The number of aliphatic hydroxyl groups is 1. The Labute approximate surface area is 79.7 Å². The number of rotatable bonds is 4. The first kappa shape index (κ1) is 12.4. The molecule has 1 amide bonds. The van der Waals surface area contributed by atoms with E-state index in [1.165, 1.54) is 0 Å². The third kappa shape index (κ3) is 4.85. The fourth-order valence-electron chi connectivity index (χ4n) is 0.974. The van der Waals surface area contributed by atoms with E-state index in [2.05, 4.69) is 0 Å². The van der Waals surface area contributed by atoms with Crippen LogP contribution in [-0.4, -0.2) is 41.1 Å². The molecule has 1 atom stereocenters. The van der Waals surface area contributed by atoms with Crippen molar-refractivity contribution in [1.82, 2.24) is 4.90 Å². The van der Waals surface area contributed by atoms with Gasteiger partial charge in [-0.05, 0) is 27.2 Å². The summed E-state index contributed by atoms with van der Waals surface area (Å²) < 4.78 is 0. The minimum Gasteiger partial charge on any atom is -0.393 e. The minimum atomic E-state index is -0.826. The lowest BCUT2D eigenvalue weighted by atomic mass is 10.1. The molecule has 0 aromatic rings. The van der Waals surface area contributed by atoms with Crippen LogP contribution in [0.5, 0.6) is 0 Å². The van der Waals surface area contributed by atoms with Gasteiger partial charge in [0, 0.05) is 13.6 Å². The van der Waals surface area contributed by atoms with Crippen molar-refractivity contribution in [2.75, 3.05) is 13.6 Å². The Morgan fingerprint density at radius 2 is 2.08 bits per heavy atom. The number of nitrogens with two attached hydrogens (primary N) is 1. The fraction of sp³-hybridized carbons (Fsp3) is 0.889. The zero-order valence-corrected chi connectivity index (χ0v) is 8.87. The summed E-state index contributed by atoms with van der Waals surface area (Å²) >= 11 is 0. The number of carbonyl (C=O) groups is 1. The molecule has 0 rings (SSSR count). The van der Waals surface area contributed by atoms with Crippen LogP contribution in [0.15, 0.2) is 0 Å². The molecule has 0 aliphatic carbocycles. The Bertz CT molecular complexity index is 173. The van der Waals surface area contributed by atoms with E-state index in [0.717, 1.165) is 0 Å². The maximum Gasteiger partial charge on any atom is 0.241 e. The van der Waals surface area contributed by atoms with E-state index in [1.54, 1.807) is 32.7 Å². The Kier molecular flexibility index (Phi) is 4.36. The number of hydrogen-bond donors (Lipinski definition) is 2. The number of carbonyl (C=O) groups excluding carboxylic acids is 1. The third-order valence-corrected chi connectivity index (χ3v) is 1.78. The summed E-state index contributed by atoms with van der Waals surface area (Å²) in [6, 6.07) is 0. The molecule has 0 bridgehead atoms. The number of aliphatic hydroxyl groups excluding tert-OH is 1. The van der Waals surface area contributed by atoms with Crippen molar-refractivity contribution in [3.05, 3.63) is 0 Å². The van der Waals surface area contributed by atoms with E-state index >= 15 is 0 Å². The van der Waals surface area contributed by atoms with Crippen LogP contribution in [0.4, 0.5) is 0 Å².